The van der Waals surface area contributed by atoms with E-state index in [1.54, 1.807) is 12.1 Å². The van der Waals surface area contributed by atoms with Crippen LogP contribution in [0.4, 0.5) is 0 Å². The van der Waals surface area contributed by atoms with Gasteiger partial charge in [0, 0.05) is 0 Å². The van der Waals surface area contributed by atoms with Gasteiger partial charge < -0.3 is 10.2 Å². The number of hydrogen-bond donors (Lipinski definition) is 2. The lowest BCUT2D eigenvalue weighted by molar-refractivity contribution is 0.404. The van der Waals surface area contributed by atoms with E-state index in [-0.39, 0.29) is 11.5 Å². The molecule has 0 saturated heterocycles. The van der Waals surface area contributed by atoms with E-state index in [0.717, 1.165) is 0 Å². The number of hydrogen-bond acceptors (Lipinski definition) is 2. The molecule has 0 amide bonds. The Kier molecular flexibility index (Phi) is 3.80. The van der Waals surface area contributed by atoms with Crippen LogP contribution in [0.15, 0.2) is 18.2 Å². The van der Waals surface area contributed by atoms with Gasteiger partial charge in [-0.1, -0.05) is 50.2 Å². The molecule has 3 heteroatoms. The molecule has 0 aromatic heterocycles. The summed E-state index contributed by atoms with van der Waals surface area (Å²) in [6, 6.07) is 8.88. The van der Waals surface area contributed by atoms with E-state index in [4.69, 9.17) is 0 Å². The zero-order chi connectivity index (χ0) is 11.5. The van der Waals surface area contributed by atoms with Crippen molar-refractivity contribution in [1.82, 2.24) is 0 Å². The summed E-state index contributed by atoms with van der Waals surface area (Å²) in [4.78, 5) is 0. The zero-order valence-electron chi connectivity index (χ0n) is 9.75. The highest BCUT2D eigenvalue weighted by molar-refractivity contribution is 6.91. The van der Waals surface area contributed by atoms with Gasteiger partial charge in [0.1, 0.15) is 0 Å². The molecule has 2 N–H and O–H groups in total. The Bertz CT molecular complexity index is 324. The average Bonchev–Trinajstić information content (AvgIpc) is 2.26. The van der Waals surface area contributed by atoms with Crippen LogP contribution in [0.2, 0.25) is 18.1 Å². The van der Waals surface area contributed by atoms with Crippen LogP contribution in [-0.2, 0) is 0 Å². The van der Waals surface area contributed by atoms with Gasteiger partial charge in [0.25, 0.3) is 0 Å². The molecule has 0 aliphatic heterocycles. The largest absolute Gasteiger partial charge is 0.504 e. The first-order valence-electron chi connectivity index (χ1n) is 5.62. The van der Waals surface area contributed by atoms with Crippen LogP contribution in [0, 0.1) is 0 Å². The Balaban J connectivity index is 3.17. The fourth-order valence-corrected chi connectivity index (χ4v) is 5.82. The molecule has 0 aliphatic carbocycles. The standard InChI is InChI=1S/C12H20O2Si/c1-4-15(5-2,6-3)10-7-8-11(13)12(14)9-10/h7-9,13-14H,4-6H2,1-3H3. The lowest BCUT2D eigenvalue weighted by Crippen LogP contribution is -2.45. The molecule has 1 rings (SSSR count). The van der Waals surface area contributed by atoms with Crippen molar-refractivity contribution in [3.05, 3.63) is 18.2 Å². The minimum atomic E-state index is -1.42. The highest BCUT2D eigenvalue weighted by Gasteiger charge is 2.29. The lowest BCUT2D eigenvalue weighted by Gasteiger charge is -2.28. The van der Waals surface area contributed by atoms with Crippen molar-refractivity contribution in [2.45, 2.75) is 38.9 Å². The summed E-state index contributed by atoms with van der Waals surface area (Å²) < 4.78 is 0. The second kappa shape index (κ2) is 4.70. The SMILES string of the molecule is CC[Si](CC)(CC)c1ccc(O)c(O)c1. The fraction of sp³-hybridized carbons (Fsp3) is 0.500. The molecule has 84 valence electrons. The predicted molar refractivity (Wildman–Crippen MR) is 66.6 cm³/mol. The minimum Gasteiger partial charge on any atom is -0.504 e. The molecule has 0 radical (unpaired) electrons. The Hall–Kier alpha value is -0.963. The van der Waals surface area contributed by atoms with Gasteiger partial charge in [0.15, 0.2) is 11.5 Å². The summed E-state index contributed by atoms with van der Waals surface area (Å²) in [5.74, 6) is -0.00955. The maximum Gasteiger partial charge on any atom is 0.157 e. The third-order valence-electron chi connectivity index (χ3n) is 3.62. The molecule has 15 heavy (non-hydrogen) atoms. The molecule has 0 bridgehead atoms. The van der Waals surface area contributed by atoms with Crippen LogP contribution in [0.3, 0.4) is 0 Å². The molecule has 1 aromatic rings. The van der Waals surface area contributed by atoms with Crippen molar-refractivity contribution in [3.63, 3.8) is 0 Å². The second-order valence-corrected chi connectivity index (χ2v) is 9.30. The molecule has 0 saturated carbocycles. The number of aromatic hydroxyl groups is 2. The number of phenols is 2. The van der Waals surface area contributed by atoms with E-state index in [1.807, 2.05) is 6.07 Å². The Morgan fingerprint density at radius 2 is 1.47 bits per heavy atom. The van der Waals surface area contributed by atoms with Crippen molar-refractivity contribution >= 4 is 13.3 Å². The lowest BCUT2D eigenvalue weighted by atomic mass is 10.3. The average molecular weight is 224 g/mol. The van der Waals surface area contributed by atoms with Crippen molar-refractivity contribution in [2.24, 2.45) is 0 Å². The summed E-state index contributed by atoms with van der Waals surface area (Å²) in [5.41, 5.74) is 0. The van der Waals surface area contributed by atoms with Gasteiger partial charge in [-0.05, 0) is 12.1 Å². The molecular formula is C12H20O2Si. The maximum absolute atomic E-state index is 9.52. The van der Waals surface area contributed by atoms with Crippen molar-refractivity contribution < 1.29 is 10.2 Å². The van der Waals surface area contributed by atoms with Crippen LogP contribution in [0.1, 0.15) is 20.8 Å². The van der Waals surface area contributed by atoms with Gasteiger partial charge in [0.2, 0.25) is 0 Å². The van der Waals surface area contributed by atoms with Crippen molar-refractivity contribution in [3.8, 4) is 11.5 Å². The fourth-order valence-electron chi connectivity index (χ4n) is 2.22. The zero-order valence-corrected chi connectivity index (χ0v) is 10.7. The molecule has 0 atom stereocenters. The Morgan fingerprint density at radius 3 is 1.87 bits per heavy atom. The Morgan fingerprint density at radius 1 is 0.933 bits per heavy atom. The first kappa shape index (κ1) is 12.1. The first-order chi connectivity index (χ1) is 7.09. The van der Waals surface area contributed by atoms with Gasteiger partial charge in [-0.25, -0.2) is 0 Å². The summed E-state index contributed by atoms with van der Waals surface area (Å²) in [6.07, 6.45) is 0. The number of phenolic OH excluding ortho intramolecular Hbond substituents is 2. The van der Waals surface area contributed by atoms with Crippen molar-refractivity contribution in [2.75, 3.05) is 0 Å². The van der Waals surface area contributed by atoms with E-state index in [2.05, 4.69) is 20.8 Å². The molecule has 0 spiro atoms. The molecule has 0 aliphatic rings. The summed E-state index contributed by atoms with van der Waals surface area (Å²) >= 11 is 0. The molecular weight excluding hydrogens is 204 g/mol. The van der Waals surface area contributed by atoms with Crippen LogP contribution >= 0.6 is 0 Å². The topological polar surface area (TPSA) is 40.5 Å². The molecule has 0 unspecified atom stereocenters. The van der Waals surface area contributed by atoms with E-state index in [9.17, 15) is 10.2 Å². The third-order valence-corrected chi connectivity index (χ3v) is 9.21. The van der Waals surface area contributed by atoms with Gasteiger partial charge in [-0.2, -0.15) is 0 Å². The first-order valence-corrected chi connectivity index (χ1v) is 8.24. The van der Waals surface area contributed by atoms with Gasteiger partial charge in [-0.3, -0.25) is 0 Å². The van der Waals surface area contributed by atoms with Crippen LogP contribution in [-0.4, -0.2) is 18.3 Å². The van der Waals surface area contributed by atoms with Gasteiger partial charge in [-0.15, -0.1) is 0 Å². The summed E-state index contributed by atoms with van der Waals surface area (Å²) in [5, 5.41) is 20.1. The third kappa shape index (κ3) is 2.17. The Labute approximate surface area is 92.6 Å². The van der Waals surface area contributed by atoms with E-state index >= 15 is 0 Å². The normalized spacial score (nSPS) is 11.7. The minimum absolute atomic E-state index is 0.0136. The highest BCUT2D eigenvalue weighted by Crippen LogP contribution is 2.26. The second-order valence-electron chi connectivity index (χ2n) is 4.04. The quantitative estimate of drug-likeness (QED) is 0.610. The van der Waals surface area contributed by atoms with Gasteiger partial charge in [0.05, 0.1) is 8.07 Å². The molecule has 1 aromatic carbocycles. The van der Waals surface area contributed by atoms with Crippen molar-refractivity contribution in [1.29, 1.82) is 0 Å². The highest BCUT2D eigenvalue weighted by atomic mass is 28.3. The van der Waals surface area contributed by atoms with E-state index in [1.165, 1.54) is 23.3 Å². The van der Waals surface area contributed by atoms with Crippen LogP contribution < -0.4 is 5.19 Å². The molecule has 0 fully saturated rings. The monoisotopic (exact) mass is 224 g/mol. The number of rotatable bonds is 4. The maximum atomic E-state index is 9.52. The summed E-state index contributed by atoms with van der Waals surface area (Å²) in [7, 11) is -1.42. The van der Waals surface area contributed by atoms with Gasteiger partial charge >= 0.3 is 0 Å². The smallest absolute Gasteiger partial charge is 0.157 e. The van der Waals surface area contributed by atoms with E-state index < -0.39 is 8.07 Å². The molecule has 2 nitrogen and oxygen atoms in total. The summed E-state index contributed by atoms with van der Waals surface area (Å²) in [6.45, 7) is 6.68. The van der Waals surface area contributed by atoms with Crippen LogP contribution in [0.25, 0.3) is 0 Å². The molecule has 0 heterocycles. The van der Waals surface area contributed by atoms with Crippen LogP contribution in [0.5, 0.6) is 11.5 Å². The number of benzene rings is 1. The van der Waals surface area contributed by atoms with E-state index in [0.29, 0.717) is 0 Å². The predicted octanol–water partition coefficient (Wildman–Crippen LogP) is 2.81.